The van der Waals surface area contributed by atoms with E-state index in [1.807, 2.05) is 0 Å². The fraction of sp³-hybridized carbons (Fsp3) is 0.600. The Morgan fingerprint density at radius 3 is 2.90 bits per heavy atom. The molecule has 112 valence electrons. The van der Waals surface area contributed by atoms with Crippen LogP contribution in [0.25, 0.3) is 0 Å². The lowest BCUT2D eigenvalue weighted by Crippen LogP contribution is -2.33. The highest BCUT2D eigenvalue weighted by Crippen LogP contribution is 2.16. The Bertz CT molecular complexity index is 379. The highest BCUT2D eigenvalue weighted by Gasteiger charge is 2.14. The molecule has 1 aliphatic rings. The summed E-state index contributed by atoms with van der Waals surface area (Å²) in [6.07, 6.45) is 3.21. The number of hydrogen-bond acceptors (Lipinski definition) is 4. The summed E-state index contributed by atoms with van der Waals surface area (Å²) in [4.78, 5) is 0. The van der Waals surface area contributed by atoms with Crippen molar-refractivity contribution in [3.8, 4) is 5.75 Å². The number of rotatable bonds is 8. The number of hydrogen-bond donors (Lipinski definition) is 2. The van der Waals surface area contributed by atoms with E-state index in [2.05, 4.69) is 5.32 Å². The van der Waals surface area contributed by atoms with Crippen molar-refractivity contribution >= 4 is 11.6 Å². The lowest BCUT2D eigenvalue weighted by Gasteiger charge is -2.14. The van der Waals surface area contributed by atoms with Crippen molar-refractivity contribution < 1.29 is 14.6 Å². The molecule has 0 spiro atoms. The number of nitrogens with one attached hydrogen (secondary N) is 1. The van der Waals surface area contributed by atoms with Crippen molar-refractivity contribution in [2.24, 2.45) is 0 Å². The Morgan fingerprint density at radius 1 is 1.40 bits per heavy atom. The lowest BCUT2D eigenvalue weighted by molar-refractivity contribution is 0.0942. The zero-order chi connectivity index (χ0) is 14.2. The van der Waals surface area contributed by atoms with E-state index in [0.717, 1.165) is 26.0 Å². The SMILES string of the molecule is OC(CNCCC1CCCO1)COc1ccc(Cl)cc1. The second kappa shape index (κ2) is 8.47. The molecular weight excluding hydrogens is 278 g/mol. The first-order valence-corrected chi connectivity index (χ1v) is 7.50. The largest absolute Gasteiger partial charge is 0.491 e. The molecule has 0 saturated carbocycles. The van der Waals surface area contributed by atoms with Gasteiger partial charge < -0.3 is 19.9 Å². The average molecular weight is 300 g/mol. The Kier molecular flexibility index (Phi) is 6.60. The summed E-state index contributed by atoms with van der Waals surface area (Å²) >= 11 is 5.79. The van der Waals surface area contributed by atoms with E-state index < -0.39 is 6.10 Å². The summed E-state index contributed by atoms with van der Waals surface area (Å²) in [6.45, 7) is 2.56. The third kappa shape index (κ3) is 5.67. The molecule has 2 rings (SSSR count). The maximum Gasteiger partial charge on any atom is 0.119 e. The highest BCUT2D eigenvalue weighted by atomic mass is 35.5. The van der Waals surface area contributed by atoms with Crippen LogP contribution in [0.15, 0.2) is 24.3 Å². The summed E-state index contributed by atoms with van der Waals surface area (Å²) < 4.78 is 11.0. The van der Waals surface area contributed by atoms with Crippen LogP contribution < -0.4 is 10.1 Å². The van der Waals surface area contributed by atoms with Crippen LogP contribution in [0.2, 0.25) is 5.02 Å². The molecule has 1 fully saturated rings. The van der Waals surface area contributed by atoms with Gasteiger partial charge in [0.1, 0.15) is 18.5 Å². The van der Waals surface area contributed by atoms with E-state index in [0.29, 0.717) is 23.4 Å². The van der Waals surface area contributed by atoms with E-state index in [-0.39, 0.29) is 6.61 Å². The fourth-order valence-corrected chi connectivity index (χ4v) is 2.31. The van der Waals surface area contributed by atoms with Crippen molar-refractivity contribution in [2.45, 2.75) is 31.5 Å². The summed E-state index contributed by atoms with van der Waals surface area (Å²) in [7, 11) is 0. The monoisotopic (exact) mass is 299 g/mol. The van der Waals surface area contributed by atoms with Crippen LogP contribution in [0.4, 0.5) is 0 Å². The van der Waals surface area contributed by atoms with Crippen LogP contribution in [-0.2, 0) is 4.74 Å². The molecule has 0 aliphatic carbocycles. The smallest absolute Gasteiger partial charge is 0.119 e. The first kappa shape index (κ1) is 15.6. The van der Waals surface area contributed by atoms with Gasteiger partial charge in [0.25, 0.3) is 0 Å². The van der Waals surface area contributed by atoms with Gasteiger partial charge in [-0.05, 0) is 50.1 Å². The van der Waals surface area contributed by atoms with Crippen molar-refractivity contribution in [3.63, 3.8) is 0 Å². The molecule has 1 aromatic carbocycles. The number of aliphatic hydroxyl groups is 1. The van der Waals surface area contributed by atoms with E-state index in [1.165, 1.54) is 6.42 Å². The van der Waals surface area contributed by atoms with Crippen molar-refractivity contribution in [1.29, 1.82) is 0 Å². The van der Waals surface area contributed by atoms with Gasteiger partial charge in [-0.3, -0.25) is 0 Å². The molecule has 0 amide bonds. The van der Waals surface area contributed by atoms with Crippen LogP contribution in [-0.4, -0.2) is 43.6 Å². The Hall–Kier alpha value is -0.810. The van der Waals surface area contributed by atoms with Gasteiger partial charge >= 0.3 is 0 Å². The molecule has 1 aliphatic heterocycles. The summed E-state index contributed by atoms with van der Waals surface area (Å²) in [6, 6.07) is 7.12. The number of ether oxygens (including phenoxy) is 2. The lowest BCUT2D eigenvalue weighted by atomic mass is 10.2. The van der Waals surface area contributed by atoms with Gasteiger partial charge in [0.05, 0.1) is 6.10 Å². The number of aliphatic hydroxyl groups excluding tert-OH is 1. The first-order valence-electron chi connectivity index (χ1n) is 7.13. The van der Waals surface area contributed by atoms with Gasteiger partial charge in [0.2, 0.25) is 0 Å². The van der Waals surface area contributed by atoms with Gasteiger partial charge in [-0.15, -0.1) is 0 Å². The van der Waals surface area contributed by atoms with Crippen molar-refractivity contribution in [3.05, 3.63) is 29.3 Å². The minimum Gasteiger partial charge on any atom is -0.491 e. The minimum atomic E-state index is -0.518. The predicted molar refractivity (Wildman–Crippen MR) is 79.4 cm³/mol. The molecule has 1 saturated heterocycles. The Labute approximate surface area is 125 Å². The van der Waals surface area contributed by atoms with Crippen molar-refractivity contribution in [1.82, 2.24) is 5.32 Å². The van der Waals surface area contributed by atoms with Crippen LogP contribution in [0, 0.1) is 0 Å². The molecule has 2 atom stereocenters. The molecule has 5 heteroatoms. The van der Waals surface area contributed by atoms with Crippen LogP contribution in [0.3, 0.4) is 0 Å². The number of benzene rings is 1. The molecule has 0 bridgehead atoms. The van der Waals surface area contributed by atoms with E-state index in [4.69, 9.17) is 21.1 Å². The zero-order valence-corrected chi connectivity index (χ0v) is 12.3. The average Bonchev–Trinajstić information content (AvgIpc) is 2.96. The van der Waals surface area contributed by atoms with Gasteiger partial charge in [0.15, 0.2) is 0 Å². The summed E-state index contributed by atoms with van der Waals surface area (Å²) in [5.74, 6) is 0.716. The minimum absolute atomic E-state index is 0.272. The van der Waals surface area contributed by atoms with Crippen LogP contribution in [0.5, 0.6) is 5.75 Å². The highest BCUT2D eigenvalue weighted by molar-refractivity contribution is 6.30. The Balaban J connectivity index is 1.53. The second-order valence-corrected chi connectivity index (χ2v) is 5.48. The number of halogens is 1. The Morgan fingerprint density at radius 2 is 2.20 bits per heavy atom. The van der Waals surface area contributed by atoms with Gasteiger partial charge in [-0.1, -0.05) is 11.6 Å². The quantitative estimate of drug-likeness (QED) is 0.723. The zero-order valence-electron chi connectivity index (χ0n) is 11.6. The molecule has 0 radical (unpaired) electrons. The maximum atomic E-state index is 9.81. The topological polar surface area (TPSA) is 50.7 Å². The molecule has 4 nitrogen and oxygen atoms in total. The van der Waals surface area contributed by atoms with Crippen LogP contribution >= 0.6 is 11.6 Å². The van der Waals surface area contributed by atoms with E-state index >= 15 is 0 Å². The third-order valence-corrected chi connectivity index (χ3v) is 3.56. The standard InChI is InChI=1S/C15H22ClNO3/c16-12-3-5-15(6-4-12)20-11-13(18)10-17-8-7-14-2-1-9-19-14/h3-6,13-14,17-18H,1-2,7-11H2. The van der Waals surface area contributed by atoms with E-state index in [9.17, 15) is 5.11 Å². The molecular formula is C15H22ClNO3. The molecule has 20 heavy (non-hydrogen) atoms. The van der Waals surface area contributed by atoms with Gasteiger partial charge in [0, 0.05) is 18.2 Å². The third-order valence-electron chi connectivity index (χ3n) is 3.30. The molecule has 2 N–H and O–H groups in total. The first-order chi connectivity index (χ1) is 9.74. The molecule has 2 unspecified atom stereocenters. The van der Waals surface area contributed by atoms with E-state index in [1.54, 1.807) is 24.3 Å². The maximum absolute atomic E-state index is 9.81. The summed E-state index contributed by atoms with van der Waals surface area (Å²) in [5, 5.41) is 13.7. The normalized spacial score (nSPS) is 20.0. The van der Waals surface area contributed by atoms with Crippen molar-refractivity contribution in [2.75, 3.05) is 26.3 Å². The summed E-state index contributed by atoms with van der Waals surface area (Å²) in [5.41, 5.74) is 0. The van der Waals surface area contributed by atoms with Gasteiger partial charge in [-0.25, -0.2) is 0 Å². The molecule has 1 aromatic rings. The molecule has 0 aromatic heterocycles. The van der Waals surface area contributed by atoms with Crippen LogP contribution in [0.1, 0.15) is 19.3 Å². The van der Waals surface area contributed by atoms with Gasteiger partial charge in [-0.2, -0.15) is 0 Å². The fourth-order valence-electron chi connectivity index (χ4n) is 2.19. The second-order valence-electron chi connectivity index (χ2n) is 5.05. The molecule has 1 heterocycles. The predicted octanol–water partition coefficient (Wildman–Crippen LogP) is 2.24.